The number of rotatable bonds is 3. The van der Waals surface area contributed by atoms with Crippen LogP contribution in [0, 0.1) is 0 Å². The summed E-state index contributed by atoms with van der Waals surface area (Å²) in [6.45, 7) is 6.17. The van der Waals surface area contributed by atoms with Crippen molar-refractivity contribution < 1.29 is 14.6 Å². The second kappa shape index (κ2) is 4.05. The molecule has 18 heavy (non-hydrogen) atoms. The van der Waals surface area contributed by atoms with Crippen molar-refractivity contribution in [3.63, 3.8) is 0 Å². The first kappa shape index (κ1) is 13.0. The lowest BCUT2D eigenvalue weighted by atomic mass is 9.74. The zero-order chi connectivity index (χ0) is 13.6. The van der Waals surface area contributed by atoms with Crippen molar-refractivity contribution in [2.45, 2.75) is 31.7 Å². The first-order valence-electron chi connectivity index (χ1n) is 5.95. The lowest BCUT2D eigenvalue weighted by Crippen LogP contribution is -2.56. The Morgan fingerprint density at radius 3 is 2.56 bits per heavy atom. The van der Waals surface area contributed by atoms with E-state index in [0.717, 1.165) is 16.9 Å². The standard InChI is InChI=1S/C13H18N2O2Si/c1-17-10-5-6-11-9(7-10)8-13(11,16)12(15-14)18(2,3)4/h5-7,16H,8H2,1-4H3. The van der Waals surface area contributed by atoms with Gasteiger partial charge in [-0.05, 0) is 23.3 Å². The topological polar surface area (TPSA) is 65.9 Å². The third-order valence-corrected chi connectivity index (χ3v) is 5.34. The van der Waals surface area contributed by atoms with Crippen molar-refractivity contribution in [2.24, 2.45) is 0 Å². The quantitative estimate of drug-likeness (QED) is 0.392. The van der Waals surface area contributed by atoms with Crippen molar-refractivity contribution in [2.75, 3.05) is 7.11 Å². The Hall–Kier alpha value is -1.42. The first-order chi connectivity index (χ1) is 8.32. The summed E-state index contributed by atoms with van der Waals surface area (Å²) in [5.41, 5.74) is 10.0. The van der Waals surface area contributed by atoms with E-state index in [0.29, 0.717) is 11.8 Å². The smallest absolute Gasteiger partial charge is 0.271 e. The number of aliphatic hydroxyl groups is 1. The van der Waals surface area contributed by atoms with Crippen molar-refractivity contribution in [3.05, 3.63) is 34.9 Å². The lowest BCUT2D eigenvalue weighted by Gasteiger charge is -2.38. The average Bonchev–Trinajstić information content (AvgIpc) is 2.26. The molecule has 0 spiro atoms. The fraction of sp³-hybridized carbons (Fsp3) is 0.462. The van der Waals surface area contributed by atoms with Gasteiger partial charge in [0, 0.05) is 6.42 Å². The minimum absolute atomic E-state index is 0.489. The molecule has 0 saturated carbocycles. The van der Waals surface area contributed by atoms with E-state index in [1.54, 1.807) is 7.11 Å². The zero-order valence-electron chi connectivity index (χ0n) is 11.2. The molecule has 4 nitrogen and oxygen atoms in total. The molecule has 0 heterocycles. The molecule has 0 radical (unpaired) electrons. The van der Waals surface area contributed by atoms with E-state index in [9.17, 15) is 10.6 Å². The molecule has 1 aromatic rings. The van der Waals surface area contributed by atoms with E-state index < -0.39 is 13.7 Å². The Morgan fingerprint density at radius 1 is 1.44 bits per heavy atom. The molecule has 1 N–H and O–H groups in total. The lowest BCUT2D eigenvalue weighted by molar-refractivity contribution is -0.0418. The second-order valence-corrected chi connectivity index (χ2v) is 10.7. The van der Waals surface area contributed by atoms with E-state index in [1.807, 2.05) is 18.2 Å². The Labute approximate surface area is 108 Å². The highest BCUT2D eigenvalue weighted by Gasteiger charge is 2.55. The van der Waals surface area contributed by atoms with Crippen molar-refractivity contribution in [1.82, 2.24) is 0 Å². The minimum atomic E-state index is -1.86. The molecule has 0 aromatic heterocycles. The molecule has 96 valence electrons. The van der Waals surface area contributed by atoms with E-state index in [2.05, 4.69) is 24.4 Å². The van der Waals surface area contributed by atoms with Crippen LogP contribution in [0.5, 0.6) is 5.75 Å². The second-order valence-electron chi connectivity index (χ2n) is 5.76. The van der Waals surface area contributed by atoms with Crippen molar-refractivity contribution in [3.8, 4) is 5.75 Å². The summed E-state index contributed by atoms with van der Waals surface area (Å²) in [4.78, 5) is 3.39. The van der Waals surface area contributed by atoms with E-state index >= 15 is 0 Å². The van der Waals surface area contributed by atoms with Gasteiger partial charge in [-0.15, -0.1) is 0 Å². The molecule has 5 heteroatoms. The number of fused-ring (bicyclic) bond motifs is 1. The molecule has 1 atom stereocenters. The van der Waals surface area contributed by atoms with E-state index in [-0.39, 0.29) is 0 Å². The number of methoxy groups -OCH3 is 1. The number of nitrogens with zero attached hydrogens (tertiary/aromatic N) is 2. The Morgan fingerprint density at radius 2 is 2.11 bits per heavy atom. The molecular formula is C13H18N2O2Si. The van der Waals surface area contributed by atoms with Gasteiger partial charge in [0.05, 0.1) is 7.11 Å². The summed E-state index contributed by atoms with van der Waals surface area (Å²) in [5, 5.41) is 11.3. The first-order valence-corrected chi connectivity index (χ1v) is 9.45. The van der Waals surface area contributed by atoms with Gasteiger partial charge in [0.1, 0.15) is 5.75 Å². The maximum absolute atomic E-state index is 10.7. The van der Waals surface area contributed by atoms with Gasteiger partial charge in [-0.3, -0.25) is 0 Å². The minimum Gasteiger partial charge on any atom is -0.497 e. The van der Waals surface area contributed by atoms with Gasteiger partial charge in [0.15, 0.2) is 13.7 Å². The summed E-state index contributed by atoms with van der Waals surface area (Å²) in [7, 11) is -0.243. The van der Waals surface area contributed by atoms with Crippen LogP contribution in [0.4, 0.5) is 0 Å². The van der Waals surface area contributed by atoms with E-state index in [4.69, 9.17) is 4.74 Å². The molecule has 0 amide bonds. The van der Waals surface area contributed by atoms with Crippen LogP contribution in [0.3, 0.4) is 0 Å². The zero-order valence-corrected chi connectivity index (χ0v) is 12.2. The normalized spacial score (nSPS) is 21.6. The molecular weight excluding hydrogens is 244 g/mol. The third kappa shape index (κ3) is 1.81. The van der Waals surface area contributed by atoms with Crippen molar-refractivity contribution >= 4 is 13.4 Å². The van der Waals surface area contributed by atoms with Crippen LogP contribution in [0.2, 0.25) is 19.6 Å². The number of benzene rings is 1. The SMILES string of the molecule is COc1ccc2c(c1)CC2(O)C(=[N+]=[N-])[Si](C)(C)C. The van der Waals surface area contributed by atoms with Gasteiger partial charge < -0.3 is 15.4 Å². The highest BCUT2D eigenvalue weighted by atomic mass is 28.3. The summed E-state index contributed by atoms with van der Waals surface area (Å²) in [6, 6.07) is 5.59. The number of ether oxygens (including phenoxy) is 1. The fourth-order valence-electron chi connectivity index (χ4n) is 2.58. The maximum atomic E-state index is 10.7. The highest BCUT2D eigenvalue weighted by Crippen LogP contribution is 2.43. The van der Waals surface area contributed by atoms with Crippen LogP contribution in [-0.4, -0.2) is 30.4 Å². The molecule has 2 rings (SSSR count). The predicted octanol–water partition coefficient (Wildman–Crippen LogP) is 1.99. The fourth-order valence-corrected chi connectivity index (χ4v) is 4.34. The molecule has 0 saturated heterocycles. The molecule has 1 aliphatic rings. The molecule has 0 fully saturated rings. The predicted molar refractivity (Wildman–Crippen MR) is 72.6 cm³/mol. The Bertz CT molecular complexity index is 544. The van der Waals surface area contributed by atoms with Crippen LogP contribution in [0.1, 0.15) is 11.1 Å². The molecule has 0 bridgehead atoms. The van der Waals surface area contributed by atoms with Gasteiger partial charge in [0.2, 0.25) is 0 Å². The maximum Gasteiger partial charge on any atom is 0.271 e. The average molecular weight is 262 g/mol. The van der Waals surface area contributed by atoms with Gasteiger partial charge in [0.25, 0.3) is 5.33 Å². The highest BCUT2D eigenvalue weighted by molar-refractivity contribution is 7.04. The molecule has 1 unspecified atom stereocenters. The van der Waals surface area contributed by atoms with Crippen LogP contribution in [0.25, 0.3) is 5.53 Å². The van der Waals surface area contributed by atoms with Gasteiger partial charge in [-0.1, -0.05) is 25.7 Å². The van der Waals surface area contributed by atoms with Crippen LogP contribution >= 0.6 is 0 Å². The third-order valence-electron chi connectivity index (χ3n) is 3.41. The van der Waals surface area contributed by atoms with Crippen LogP contribution in [-0.2, 0) is 12.0 Å². The summed E-state index contributed by atoms with van der Waals surface area (Å²) in [6.07, 6.45) is 0.489. The van der Waals surface area contributed by atoms with Gasteiger partial charge in [-0.25, -0.2) is 0 Å². The van der Waals surface area contributed by atoms with Crippen LogP contribution < -0.4 is 4.74 Å². The summed E-state index contributed by atoms with van der Waals surface area (Å²) >= 11 is 0. The molecule has 1 aromatic carbocycles. The summed E-state index contributed by atoms with van der Waals surface area (Å²) < 4.78 is 5.15. The van der Waals surface area contributed by atoms with Crippen LogP contribution in [0.15, 0.2) is 18.2 Å². The Kier molecular flexibility index (Phi) is 2.93. The van der Waals surface area contributed by atoms with Gasteiger partial charge >= 0.3 is 0 Å². The van der Waals surface area contributed by atoms with Gasteiger partial charge in [-0.2, -0.15) is 4.79 Å². The number of hydrogen-bond donors (Lipinski definition) is 1. The number of hydrogen-bond acceptors (Lipinski definition) is 2. The monoisotopic (exact) mass is 262 g/mol. The molecule has 1 aliphatic carbocycles. The van der Waals surface area contributed by atoms with Crippen molar-refractivity contribution in [1.29, 1.82) is 0 Å². The molecule has 0 aliphatic heterocycles. The largest absolute Gasteiger partial charge is 0.497 e. The van der Waals surface area contributed by atoms with E-state index in [1.165, 1.54) is 0 Å². The summed E-state index contributed by atoms with van der Waals surface area (Å²) in [5.74, 6) is 0.784. The Balaban J connectivity index is 2.45.